The number of hydrogen-bond donors (Lipinski definition) is 1. The zero-order valence-corrected chi connectivity index (χ0v) is 14.4. The lowest BCUT2D eigenvalue weighted by Crippen LogP contribution is -2.45. The molecule has 0 saturated carbocycles. The molecule has 23 heavy (non-hydrogen) atoms. The summed E-state index contributed by atoms with van der Waals surface area (Å²) in [5.41, 5.74) is 0.540. The van der Waals surface area contributed by atoms with Crippen LogP contribution in [0.5, 0.6) is 0 Å². The first-order valence-corrected chi connectivity index (χ1v) is 8.00. The van der Waals surface area contributed by atoms with Crippen molar-refractivity contribution in [1.82, 2.24) is 9.80 Å². The number of carbonyl (C=O) groups is 2. The van der Waals surface area contributed by atoms with Crippen molar-refractivity contribution in [3.63, 3.8) is 0 Å². The fraction of sp³-hybridized carbons (Fsp3) is 0.467. The molecular weight excluding hydrogens is 341 g/mol. The number of carbonyl (C=O) groups excluding carboxylic acids is 2. The summed E-state index contributed by atoms with van der Waals surface area (Å²) in [5.74, 6) is -0.391. The van der Waals surface area contributed by atoms with Gasteiger partial charge in [0.25, 0.3) is 0 Å². The van der Waals surface area contributed by atoms with Crippen molar-refractivity contribution in [3.05, 3.63) is 28.2 Å². The van der Waals surface area contributed by atoms with E-state index in [0.717, 1.165) is 13.1 Å². The molecule has 2 amide bonds. The van der Waals surface area contributed by atoms with Crippen LogP contribution in [0.25, 0.3) is 0 Å². The first kappa shape index (κ1) is 18.0. The van der Waals surface area contributed by atoms with Crippen molar-refractivity contribution >= 4 is 40.7 Å². The SMILES string of the molecule is CN(CC(=O)Nc1ccc(Cl)c(Cl)c1)C(=O)CN1CCOCC1. The number of morpholine rings is 1. The summed E-state index contributed by atoms with van der Waals surface area (Å²) in [6.07, 6.45) is 0. The molecule has 1 saturated heterocycles. The maximum Gasteiger partial charge on any atom is 0.243 e. The second-order valence-electron chi connectivity index (χ2n) is 5.32. The van der Waals surface area contributed by atoms with E-state index >= 15 is 0 Å². The highest BCUT2D eigenvalue weighted by atomic mass is 35.5. The Morgan fingerprint density at radius 2 is 1.96 bits per heavy atom. The molecule has 1 fully saturated rings. The molecule has 1 aliphatic rings. The highest BCUT2D eigenvalue weighted by molar-refractivity contribution is 6.42. The van der Waals surface area contributed by atoms with Gasteiger partial charge in [0.05, 0.1) is 36.3 Å². The predicted octanol–water partition coefficient (Wildman–Crippen LogP) is 1.72. The van der Waals surface area contributed by atoms with Crippen molar-refractivity contribution in [3.8, 4) is 0 Å². The Morgan fingerprint density at radius 3 is 2.61 bits per heavy atom. The number of nitrogens with one attached hydrogen (secondary N) is 1. The molecule has 0 unspecified atom stereocenters. The normalized spacial score (nSPS) is 15.3. The molecule has 0 aliphatic carbocycles. The van der Waals surface area contributed by atoms with Crippen molar-refractivity contribution in [2.45, 2.75) is 0 Å². The third kappa shape index (κ3) is 5.66. The summed E-state index contributed by atoms with van der Waals surface area (Å²) in [6.45, 7) is 3.00. The van der Waals surface area contributed by atoms with E-state index in [1.165, 1.54) is 4.90 Å². The zero-order valence-electron chi connectivity index (χ0n) is 12.8. The molecule has 0 aromatic heterocycles. The largest absolute Gasteiger partial charge is 0.379 e. The molecular formula is C15H19Cl2N3O3. The number of halogens is 2. The van der Waals surface area contributed by atoms with Gasteiger partial charge in [-0.15, -0.1) is 0 Å². The molecule has 8 heteroatoms. The van der Waals surface area contributed by atoms with E-state index in [2.05, 4.69) is 5.32 Å². The van der Waals surface area contributed by atoms with Crippen LogP contribution in [0.15, 0.2) is 18.2 Å². The summed E-state index contributed by atoms with van der Waals surface area (Å²) in [4.78, 5) is 27.5. The average Bonchev–Trinajstić information content (AvgIpc) is 2.51. The Labute approximate surface area is 145 Å². The van der Waals surface area contributed by atoms with E-state index in [4.69, 9.17) is 27.9 Å². The molecule has 1 aromatic carbocycles. The smallest absolute Gasteiger partial charge is 0.243 e. The molecule has 1 N–H and O–H groups in total. The lowest BCUT2D eigenvalue weighted by Gasteiger charge is -2.27. The summed E-state index contributed by atoms with van der Waals surface area (Å²) in [6, 6.07) is 4.83. The minimum Gasteiger partial charge on any atom is -0.379 e. The number of nitrogens with zero attached hydrogens (tertiary/aromatic N) is 2. The maximum absolute atomic E-state index is 12.1. The minimum absolute atomic E-state index is 0.0244. The minimum atomic E-state index is -0.291. The van der Waals surface area contributed by atoms with Gasteiger partial charge >= 0.3 is 0 Å². The molecule has 1 aromatic rings. The maximum atomic E-state index is 12.1. The van der Waals surface area contributed by atoms with Crippen LogP contribution >= 0.6 is 23.2 Å². The van der Waals surface area contributed by atoms with Gasteiger partial charge in [-0.05, 0) is 18.2 Å². The Morgan fingerprint density at radius 1 is 1.26 bits per heavy atom. The molecule has 0 spiro atoms. The van der Waals surface area contributed by atoms with Crippen LogP contribution in [-0.2, 0) is 14.3 Å². The monoisotopic (exact) mass is 359 g/mol. The van der Waals surface area contributed by atoms with Crippen molar-refractivity contribution in [1.29, 1.82) is 0 Å². The molecule has 1 heterocycles. The molecule has 126 valence electrons. The van der Waals surface area contributed by atoms with Crippen LogP contribution in [0.3, 0.4) is 0 Å². The number of hydrogen-bond acceptors (Lipinski definition) is 4. The molecule has 6 nitrogen and oxygen atoms in total. The van der Waals surface area contributed by atoms with Gasteiger partial charge in [-0.2, -0.15) is 0 Å². The Balaban J connectivity index is 1.81. The number of rotatable bonds is 5. The van der Waals surface area contributed by atoms with Crippen LogP contribution in [0.2, 0.25) is 10.0 Å². The first-order valence-electron chi connectivity index (χ1n) is 7.24. The number of likely N-dealkylation sites (N-methyl/N-ethyl adjacent to an activating group) is 1. The van der Waals surface area contributed by atoms with E-state index in [0.29, 0.717) is 35.5 Å². The van der Waals surface area contributed by atoms with Gasteiger partial charge in [-0.3, -0.25) is 14.5 Å². The van der Waals surface area contributed by atoms with Gasteiger partial charge in [0.15, 0.2) is 0 Å². The zero-order chi connectivity index (χ0) is 16.8. The van der Waals surface area contributed by atoms with Gasteiger partial charge in [-0.25, -0.2) is 0 Å². The lowest BCUT2D eigenvalue weighted by atomic mass is 10.3. The molecule has 0 atom stereocenters. The predicted molar refractivity (Wildman–Crippen MR) is 90.0 cm³/mol. The second-order valence-corrected chi connectivity index (χ2v) is 6.13. The highest BCUT2D eigenvalue weighted by Gasteiger charge is 2.18. The lowest BCUT2D eigenvalue weighted by molar-refractivity contribution is -0.135. The van der Waals surface area contributed by atoms with Crippen LogP contribution < -0.4 is 5.32 Å². The van der Waals surface area contributed by atoms with Crippen LogP contribution in [-0.4, -0.2) is 68.1 Å². The standard InChI is InChI=1S/C15H19Cl2N3O3/c1-19(15(22)10-20-4-6-23-7-5-20)9-14(21)18-11-2-3-12(16)13(17)8-11/h2-3,8H,4-7,9-10H2,1H3,(H,18,21). The van der Waals surface area contributed by atoms with Gasteiger partial charge in [0.1, 0.15) is 0 Å². The van der Waals surface area contributed by atoms with Crippen LogP contribution in [0, 0.1) is 0 Å². The van der Waals surface area contributed by atoms with Crippen LogP contribution in [0.4, 0.5) is 5.69 Å². The summed E-state index contributed by atoms with van der Waals surface area (Å²) >= 11 is 11.7. The van der Waals surface area contributed by atoms with E-state index in [1.807, 2.05) is 4.90 Å². The van der Waals surface area contributed by atoms with E-state index < -0.39 is 0 Å². The number of ether oxygens (including phenoxy) is 1. The van der Waals surface area contributed by atoms with E-state index in [1.54, 1.807) is 25.2 Å². The van der Waals surface area contributed by atoms with Gasteiger partial charge in [-0.1, -0.05) is 23.2 Å². The third-order valence-electron chi connectivity index (χ3n) is 3.47. The quantitative estimate of drug-likeness (QED) is 0.869. The number of amides is 2. The topological polar surface area (TPSA) is 61.9 Å². The van der Waals surface area contributed by atoms with E-state index in [-0.39, 0.29) is 18.4 Å². The van der Waals surface area contributed by atoms with E-state index in [9.17, 15) is 9.59 Å². The number of anilines is 1. The molecule has 2 rings (SSSR count). The Bertz CT molecular complexity index is 577. The fourth-order valence-corrected chi connectivity index (χ4v) is 2.45. The third-order valence-corrected chi connectivity index (χ3v) is 4.21. The van der Waals surface area contributed by atoms with Crippen LogP contribution in [0.1, 0.15) is 0 Å². The Kier molecular flexibility index (Phi) is 6.65. The van der Waals surface area contributed by atoms with Crippen molar-refractivity contribution in [2.24, 2.45) is 0 Å². The second kappa shape index (κ2) is 8.49. The summed E-state index contributed by atoms with van der Waals surface area (Å²) in [7, 11) is 1.61. The van der Waals surface area contributed by atoms with Crippen molar-refractivity contribution in [2.75, 3.05) is 51.8 Å². The van der Waals surface area contributed by atoms with Gasteiger partial charge in [0.2, 0.25) is 11.8 Å². The molecule has 0 bridgehead atoms. The van der Waals surface area contributed by atoms with Crippen molar-refractivity contribution < 1.29 is 14.3 Å². The van der Waals surface area contributed by atoms with Gasteiger partial charge < -0.3 is 15.0 Å². The summed E-state index contributed by atoms with van der Waals surface area (Å²) < 4.78 is 5.24. The Hall–Kier alpha value is -1.34. The summed E-state index contributed by atoms with van der Waals surface area (Å²) in [5, 5.41) is 3.47. The fourth-order valence-electron chi connectivity index (χ4n) is 2.15. The highest BCUT2D eigenvalue weighted by Crippen LogP contribution is 2.24. The first-order chi connectivity index (χ1) is 11.0. The average molecular weight is 360 g/mol. The van der Waals surface area contributed by atoms with Gasteiger partial charge in [0, 0.05) is 25.8 Å². The molecule has 0 radical (unpaired) electrons. The molecule has 1 aliphatic heterocycles. The number of benzene rings is 1.